The minimum atomic E-state index is 1.70. The first-order valence-electron chi connectivity index (χ1n) is 3.61. The van der Waals surface area contributed by atoms with Gasteiger partial charge < -0.3 is 0 Å². The van der Waals surface area contributed by atoms with E-state index >= 15 is 0 Å². The average Bonchev–Trinajstić information content (AvgIpc) is 2.24. The highest BCUT2D eigenvalue weighted by Crippen LogP contribution is 1.90. The maximum Gasteiger partial charge on any atom is 0.211 e. The van der Waals surface area contributed by atoms with Crippen LogP contribution in [0.2, 0.25) is 0 Å². The van der Waals surface area contributed by atoms with Crippen molar-refractivity contribution in [1.29, 1.82) is 0 Å². The van der Waals surface area contributed by atoms with Crippen molar-refractivity contribution in [2.24, 2.45) is 0 Å². The van der Waals surface area contributed by atoms with Gasteiger partial charge in [0.2, 0.25) is 22.7 Å². The summed E-state index contributed by atoms with van der Waals surface area (Å²) in [5.41, 5.74) is 0. The smallest absolute Gasteiger partial charge is 0.0524 e. The van der Waals surface area contributed by atoms with Crippen molar-refractivity contribution >= 4 is 22.7 Å². The summed E-state index contributed by atoms with van der Waals surface area (Å²) in [7, 11) is 0. The van der Waals surface area contributed by atoms with Crippen LogP contribution in [0.5, 0.6) is 0 Å². The van der Waals surface area contributed by atoms with Crippen molar-refractivity contribution in [2.75, 3.05) is 0 Å². The van der Waals surface area contributed by atoms with Crippen LogP contribution in [0.3, 0.4) is 0 Å². The van der Waals surface area contributed by atoms with E-state index < -0.39 is 0 Å². The van der Waals surface area contributed by atoms with E-state index in [4.69, 9.17) is 0 Å². The van der Waals surface area contributed by atoms with Crippen LogP contribution in [-0.2, 0) is 0 Å². The third-order valence-electron chi connectivity index (χ3n) is 1.07. The standard InChI is InChI=1S/2C5H5S/c2*1-2-4-6-5-3-1/h2*1-5H/q2*+1. The molecule has 0 saturated heterocycles. The summed E-state index contributed by atoms with van der Waals surface area (Å²) >= 11 is 3.41. The third kappa shape index (κ3) is 4.88. The van der Waals surface area contributed by atoms with Gasteiger partial charge in [0.1, 0.15) is 0 Å². The Labute approximate surface area is 80.8 Å². The van der Waals surface area contributed by atoms with Gasteiger partial charge in [-0.1, -0.05) is 12.1 Å². The maximum atomic E-state index is 2.04. The molecule has 2 heterocycles. The topological polar surface area (TPSA) is 0 Å². The van der Waals surface area contributed by atoms with E-state index in [1.807, 2.05) is 57.9 Å². The molecule has 0 unspecified atom stereocenters. The molecule has 0 atom stereocenters. The van der Waals surface area contributed by atoms with E-state index in [0.717, 1.165) is 0 Å². The van der Waals surface area contributed by atoms with Crippen LogP contribution in [0.1, 0.15) is 0 Å². The summed E-state index contributed by atoms with van der Waals surface area (Å²) in [6, 6.07) is 12.1. The molecule has 0 bridgehead atoms. The van der Waals surface area contributed by atoms with Crippen molar-refractivity contribution in [3.05, 3.63) is 57.9 Å². The zero-order chi connectivity index (χ0) is 8.49. The van der Waals surface area contributed by atoms with Crippen LogP contribution in [0, 0.1) is 0 Å². The van der Waals surface area contributed by atoms with Crippen molar-refractivity contribution in [2.45, 2.75) is 0 Å². The molecular weight excluding hydrogens is 184 g/mol. The molecule has 12 heavy (non-hydrogen) atoms. The lowest BCUT2D eigenvalue weighted by atomic mass is 10.6. The number of rotatable bonds is 0. The van der Waals surface area contributed by atoms with Gasteiger partial charge in [-0.3, -0.25) is 0 Å². The first-order chi connectivity index (χ1) is 6.00. The second-order valence-corrected chi connectivity index (χ2v) is 3.60. The highest BCUT2D eigenvalue weighted by molar-refractivity contribution is 7.07. The van der Waals surface area contributed by atoms with Crippen molar-refractivity contribution < 1.29 is 0 Å². The Morgan fingerprint density at radius 1 is 0.417 bits per heavy atom. The average molecular weight is 194 g/mol. The second kappa shape index (κ2) is 6.83. The summed E-state index contributed by atoms with van der Waals surface area (Å²) in [4.78, 5) is 0. The third-order valence-corrected chi connectivity index (χ3v) is 2.33. The Kier molecular flexibility index (Phi) is 5.25. The van der Waals surface area contributed by atoms with Gasteiger partial charge in [-0.15, -0.1) is 0 Å². The molecule has 60 valence electrons. The highest BCUT2D eigenvalue weighted by Gasteiger charge is 1.75. The lowest BCUT2D eigenvalue weighted by Crippen LogP contribution is -1.41. The van der Waals surface area contributed by atoms with E-state index in [-0.39, 0.29) is 0 Å². The molecule has 0 spiro atoms. The van der Waals surface area contributed by atoms with E-state index in [1.165, 1.54) is 0 Å². The van der Waals surface area contributed by atoms with Gasteiger partial charge in [-0.2, -0.15) is 0 Å². The summed E-state index contributed by atoms with van der Waals surface area (Å²) in [5.74, 6) is 0. The SMILES string of the molecule is c1cc[s+]cc1.c1cc[s+]cc1. The molecule has 0 N–H and O–H groups in total. The molecule has 0 aliphatic heterocycles. The Morgan fingerprint density at radius 2 is 0.750 bits per heavy atom. The lowest BCUT2D eigenvalue weighted by Gasteiger charge is -1.56. The molecule has 2 aromatic rings. The first kappa shape index (κ1) is 9.23. The van der Waals surface area contributed by atoms with E-state index in [1.54, 1.807) is 22.7 Å². The van der Waals surface area contributed by atoms with E-state index in [9.17, 15) is 0 Å². The fourth-order valence-electron chi connectivity index (χ4n) is 0.582. The van der Waals surface area contributed by atoms with Crippen LogP contribution in [0.4, 0.5) is 0 Å². The molecule has 0 amide bonds. The van der Waals surface area contributed by atoms with Crippen LogP contribution in [0.25, 0.3) is 0 Å². The normalized spacial score (nSPS) is 8.00. The molecule has 0 fully saturated rings. The zero-order valence-electron chi connectivity index (χ0n) is 6.59. The Bertz CT molecular complexity index is 183. The van der Waals surface area contributed by atoms with Gasteiger partial charge >= 0.3 is 0 Å². The number of hydrogen-bond acceptors (Lipinski definition) is 0. The zero-order valence-corrected chi connectivity index (χ0v) is 8.22. The molecule has 2 heteroatoms. The summed E-state index contributed by atoms with van der Waals surface area (Å²) in [5, 5.41) is 8.17. The van der Waals surface area contributed by atoms with Gasteiger partial charge in [0.25, 0.3) is 0 Å². The second-order valence-electron chi connectivity index (χ2n) is 1.97. The fourth-order valence-corrected chi connectivity index (χ4v) is 1.49. The highest BCUT2D eigenvalue weighted by atomic mass is 32.1. The molecule has 0 saturated carbocycles. The van der Waals surface area contributed by atoms with Crippen molar-refractivity contribution in [1.82, 2.24) is 0 Å². The largest absolute Gasteiger partial charge is 0.211 e. The molecule has 0 aliphatic carbocycles. The van der Waals surface area contributed by atoms with E-state index in [0.29, 0.717) is 0 Å². The van der Waals surface area contributed by atoms with Crippen molar-refractivity contribution in [3.63, 3.8) is 0 Å². The van der Waals surface area contributed by atoms with Gasteiger partial charge in [-0.05, 0) is 24.3 Å². The van der Waals surface area contributed by atoms with Crippen LogP contribution >= 0.6 is 22.7 Å². The minimum Gasteiger partial charge on any atom is -0.0524 e. The monoisotopic (exact) mass is 194 g/mol. The van der Waals surface area contributed by atoms with E-state index in [2.05, 4.69) is 0 Å². The maximum absolute atomic E-state index is 2.04. The molecular formula is C10H10S2+2. The summed E-state index contributed by atoms with van der Waals surface area (Å²) < 4.78 is 0. The molecule has 0 aromatic carbocycles. The van der Waals surface area contributed by atoms with Crippen LogP contribution < -0.4 is 0 Å². The van der Waals surface area contributed by atoms with Gasteiger partial charge in [0, 0.05) is 0 Å². The van der Waals surface area contributed by atoms with Gasteiger partial charge in [0.05, 0.1) is 0 Å². The molecule has 0 aliphatic rings. The summed E-state index contributed by atoms with van der Waals surface area (Å²) in [6.07, 6.45) is 0. The summed E-state index contributed by atoms with van der Waals surface area (Å²) in [6.45, 7) is 0. The molecule has 2 rings (SSSR count). The van der Waals surface area contributed by atoms with Crippen LogP contribution in [0.15, 0.2) is 57.9 Å². The Morgan fingerprint density at radius 3 is 0.833 bits per heavy atom. The fraction of sp³-hybridized carbons (Fsp3) is 0. The molecule has 0 nitrogen and oxygen atoms in total. The molecule has 2 aromatic heterocycles. The van der Waals surface area contributed by atoms with Crippen LogP contribution in [-0.4, -0.2) is 0 Å². The first-order valence-corrected chi connectivity index (χ1v) is 5.50. The molecule has 0 radical (unpaired) electrons. The predicted octanol–water partition coefficient (Wildman–Crippen LogP) is 4.06. The Hall–Kier alpha value is -0.860. The Balaban J connectivity index is 0.000000120. The predicted molar refractivity (Wildman–Crippen MR) is 57.5 cm³/mol. The van der Waals surface area contributed by atoms with Gasteiger partial charge in [-0.25, -0.2) is 0 Å². The quantitative estimate of drug-likeness (QED) is 0.555. The lowest BCUT2D eigenvalue weighted by molar-refractivity contribution is 1.88. The minimum absolute atomic E-state index is 1.70. The van der Waals surface area contributed by atoms with Gasteiger partial charge in [0.15, 0.2) is 21.5 Å². The van der Waals surface area contributed by atoms with Crippen molar-refractivity contribution in [3.8, 4) is 0 Å². The number of hydrogen-bond donors (Lipinski definition) is 0.